The van der Waals surface area contributed by atoms with Crippen LogP contribution in [0.5, 0.6) is 11.5 Å². The smallest absolute Gasteiger partial charge is 0.351 e. The molecule has 0 amide bonds. The maximum absolute atomic E-state index is 12.8. The molecule has 0 bridgehead atoms. The van der Waals surface area contributed by atoms with Crippen LogP contribution in [-0.2, 0) is 23.9 Å². The van der Waals surface area contributed by atoms with Crippen molar-refractivity contribution < 1.29 is 33.3 Å². The first kappa shape index (κ1) is 21.2. The fourth-order valence-electron chi connectivity index (χ4n) is 2.37. The molecule has 0 spiro atoms. The highest BCUT2D eigenvalue weighted by atomic mass is 16.6. The minimum absolute atomic E-state index is 0.126. The number of hydrogen-bond acceptors (Lipinski definition) is 8. The number of carbonyl (C=O) groups is 3. The molecule has 0 atom stereocenters. The van der Waals surface area contributed by atoms with Gasteiger partial charge in [-0.15, -0.1) is 0 Å². The van der Waals surface area contributed by atoms with E-state index in [1.165, 1.54) is 43.5 Å². The first-order valence-electron chi connectivity index (χ1n) is 8.22. The lowest BCUT2D eigenvalue weighted by atomic mass is 9.98. The van der Waals surface area contributed by atoms with E-state index in [1.54, 1.807) is 12.1 Å². The zero-order valence-corrected chi connectivity index (χ0v) is 15.9. The highest BCUT2D eigenvalue weighted by molar-refractivity contribution is 6.32. The van der Waals surface area contributed by atoms with Crippen LogP contribution in [0.2, 0.25) is 0 Å². The Morgan fingerprint density at radius 3 is 1.79 bits per heavy atom. The normalized spacial score (nSPS) is 10.8. The van der Waals surface area contributed by atoms with Gasteiger partial charge >= 0.3 is 17.9 Å². The molecule has 0 saturated heterocycles. The summed E-state index contributed by atoms with van der Waals surface area (Å²) in [6.45, 7) is 0. The molecule has 0 aliphatic rings. The van der Waals surface area contributed by atoms with Crippen molar-refractivity contribution in [2.45, 2.75) is 0 Å². The molecule has 8 heteroatoms. The summed E-state index contributed by atoms with van der Waals surface area (Å²) >= 11 is 0. The Balaban J connectivity index is 2.56. The first-order valence-corrected chi connectivity index (χ1v) is 8.22. The van der Waals surface area contributed by atoms with E-state index in [9.17, 15) is 14.4 Å². The Kier molecular flexibility index (Phi) is 7.09. The fourth-order valence-corrected chi connectivity index (χ4v) is 2.37. The number of carbonyl (C=O) groups excluding carboxylic acids is 3. The van der Waals surface area contributed by atoms with E-state index in [-0.39, 0.29) is 16.9 Å². The van der Waals surface area contributed by atoms with Gasteiger partial charge in [-0.3, -0.25) is 0 Å². The maximum atomic E-state index is 12.8. The van der Waals surface area contributed by atoms with Gasteiger partial charge in [-0.25, -0.2) is 14.4 Å². The van der Waals surface area contributed by atoms with Crippen LogP contribution in [0.1, 0.15) is 11.1 Å². The molecule has 0 saturated carbocycles. The molecule has 0 radical (unpaired) electrons. The number of nitrogens with zero attached hydrogens (tertiary/aromatic N) is 1. The van der Waals surface area contributed by atoms with Gasteiger partial charge in [0.25, 0.3) is 0 Å². The van der Waals surface area contributed by atoms with Gasteiger partial charge in [0.2, 0.25) is 0 Å². The number of ether oxygens (including phenoxy) is 4. The predicted octanol–water partition coefficient (Wildman–Crippen LogP) is 2.27. The Bertz CT molecular complexity index is 983. The van der Waals surface area contributed by atoms with Crippen molar-refractivity contribution >= 4 is 23.5 Å². The average molecular weight is 395 g/mol. The lowest BCUT2D eigenvalue weighted by molar-refractivity contribution is -0.142. The molecule has 0 aliphatic heterocycles. The van der Waals surface area contributed by atoms with E-state index < -0.39 is 23.5 Å². The SMILES string of the molecule is COC(=O)/C(C(=O)Oc1ccc(OC)cc1)=C(/C(=O)OC)c1ccc(C#N)cc1. The summed E-state index contributed by atoms with van der Waals surface area (Å²) in [6.07, 6.45) is 0. The molecule has 29 heavy (non-hydrogen) atoms. The number of hydrogen-bond donors (Lipinski definition) is 0. The molecule has 0 N–H and O–H groups in total. The number of rotatable bonds is 6. The lowest BCUT2D eigenvalue weighted by Gasteiger charge is -2.12. The van der Waals surface area contributed by atoms with Gasteiger partial charge in [0.1, 0.15) is 11.5 Å². The quantitative estimate of drug-likeness (QED) is 0.241. The first-order chi connectivity index (χ1) is 13.9. The van der Waals surface area contributed by atoms with Crippen LogP contribution in [0, 0.1) is 11.3 Å². The van der Waals surface area contributed by atoms with E-state index in [2.05, 4.69) is 4.74 Å². The monoisotopic (exact) mass is 395 g/mol. The lowest BCUT2D eigenvalue weighted by Crippen LogP contribution is -2.24. The molecular weight excluding hydrogens is 378 g/mol. The third kappa shape index (κ3) is 4.99. The van der Waals surface area contributed by atoms with E-state index in [0.29, 0.717) is 11.3 Å². The Hall–Kier alpha value is -4.12. The van der Waals surface area contributed by atoms with E-state index in [4.69, 9.17) is 19.5 Å². The van der Waals surface area contributed by atoms with Crippen molar-refractivity contribution in [2.24, 2.45) is 0 Å². The van der Waals surface area contributed by atoms with Crippen LogP contribution in [0.25, 0.3) is 5.57 Å². The molecule has 0 heterocycles. The summed E-state index contributed by atoms with van der Waals surface area (Å²) in [6, 6.07) is 13.7. The Morgan fingerprint density at radius 1 is 0.759 bits per heavy atom. The molecule has 2 aromatic carbocycles. The van der Waals surface area contributed by atoms with Gasteiger partial charge in [-0.2, -0.15) is 5.26 Å². The van der Waals surface area contributed by atoms with Crippen LogP contribution in [0.3, 0.4) is 0 Å². The third-order valence-corrected chi connectivity index (χ3v) is 3.81. The minimum atomic E-state index is -1.10. The van der Waals surface area contributed by atoms with E-state index in [1.807, 2.05) is 6.07 Å². The zero-order valence-electron chi connectivity index (χ0n) is 15.9. The third-order valence-electron chi connectivity index (χ3n) is 3.81. The van der Waals surface area contributed by atoms with Crippen molar-refractivity contribution in [2.75, 3.05) is 21.3 Å². The standard InChI is InChI=1S/C21H17NO7/c1-26-15-8-10-16(11-9-15)29-21(25)18(20(24)28-3)17(19(23)27-2)14-6-4-13(12-22)5-7-14/h4-11H,1-3H3/b18-17-. The van der Waals surface area contributed by atoms with Crippen molar-refractivity contribution in [1.29, 1.82) is 5.26 Å². The molecule has 148 valence electrons. The second-order valence-corrected chi connectivity index (χ2v) is 5.49. The molecule has 2 aromatic rings. The summed E-state index contributed by atoms with van der Waals surface area (Å²) in [5.74, 6) is -2.45. The van der Waals surface area contributed by atoms with Crippen LogP contribution >= 0.6 is 0 Å². The van der Waals surface area contributed by atoms with Gasteiger partial charge < -0.3 is 18.9 Å². The molecule has 2 rings (SSSR count). The largest absolute Gasteiger partial charge is 0.497 e. The average Bonchev–Trinajstić information content (AvgIpc) is 2.76. The molecule has 0 unspecified atom stereocenters. The second kappa shape index (κ2) is 9.71. The van der Waals surface area contributed by atoms with Gasteiger partial charge in [-0.05, 0) is 42.0 Å². The summed E-state index contributed by atoms with van der Waals surface area (Å²) in [5.41, 5.74) is -0.469. The van der Waals surface area contributed by atoms with Gasteiger partial charge in [0.15, 0.2) is 5.57 Å². The van der Waals surface area contributed by atoms with Crippen LogP contribution in [0.4, 0.5) is 0 Å². The molecule has 0 aromatic heterocycles. The minimum Gasteiger partial charge on any atom is -0.497 e. The maximum Gasteiger partial charge on any atom is 0.351 e. The fraction of sp³-hybridized carbons (Fsp3) is 0.143. The zero-order chi connectivity index (χ0) is 21.4. The van der Waals surface area contributed by atoms with Crippen molar-refractivity contribution in [3.05, 3.63) is 65.2 Å². The van der Waals surface area contributed by atoms with Crippen molar-refractivity contribution in [3.63, 3.8) is 0 Å². The highest BCUT2D eigenvalue weighted by Crippen LogP contribution is 2.25. The van der Waals surface area contributed by atoms with Crippen LogP contribution in [-0.4, -0.2) is 39.2 Å². The number of esters is 3. The molecular formula is C21H17NO7. The second-order valence-electron chi connectivity index (χ2n) is 5.49. The summed E-state index contributed by atoms with van der Waals surface area (Å²) < 4.78 is 19.7. The van der Waals surface area contributed by atoms with Crippen molar-refractivity contribution in [3.8, 4) is 17.6 Å². The van der Waals surface area contributed by atoms with Gasteiger partial charge in [0.05, 0.1) is 38.5 Å². The van der Waals surface area contributed by atoms with E-state index in [0.717, 1.165) is 14.2 Å². The topological polar surface area (TPSA) is 112 Å². The number of methoxy groups -OCH3 is 3. The summed E-state index contributed by atoms with van der Waals surface area (Å²) in [4.78, 5) is 37.5. The number of benzene rings is 2. The molecule has 8 nitrogen and oxygen atoms in total. The summed E-state index contributed by atoms with van der Waals surface area (Å²) in [5, 5.41) is 8.94. The highest BCUT2D eigenvalue weighted by Gasteiger charge is 2.31. The van der Waals surface area contributed by atoms with Crippen molar-refractivity contribution in [1.82, 2.24) is 0 Å². The van der Waals surface area contributed by atoms with Crippen LogP contribution in [0.15, 0.2) is 54.1 Å². The van der Waals surface area contributed by atoms with Gasteiger partial charge in [-0.1, -0.05) is 12.1 Å². The Labute approximate surface area is 166 Å². The van der Waals surface area contributed by atoms with Crippen LogP contribution < -0.4 is 9.47 Å². The summed E-state index contributed by atoms with van der Waals surface area (Å²) in [7, 11) is 3.66. The Morgan fingerprint density at radius 2 is 1.31 bits per heavy atom. The predicted molar refractivity (Wildman–Crippen MR) is 101 cm³/mol. The van der Waals surface area contributed by atoms with E-state index >= 15 is 0 Å². The molecule has 0 aliphatic carbocycles. The molecule has 0 fully saturated rings. The van der Waals surface area contributed by atoms with Gasteiger partial charge in [0, 0.05) is 0 Å². The number of nitriles is 1.